The standard InChI is InChI=1S/C19H23N3O6S/c1-2-7-20-18(23)13-21-19(24)14-5-8-22(9-6-14)29(25,26)15-3-4-16-17(12-15)28-11-10-27-16/h1,3-4,12,14H,5-11,13H2,(H,20,23)(H,21,24). The third-order valence-corrected chi connectivity index (χ3v) is 6.68. The van der Waals surface area contributed by atoms with Gasteiger partial charge in [-0.15, -0.1) is 6.42 Å². The van der Waals surface area contributed by atoms with E-state index in [1.807, 2.05) is 0 Å². The normalized spacial score (nSPS) is 17.2. The van der Waals surface area contributed by atoms with E-state index in [0.29, 0.717) is 37.6 Å². The number of fused-ring (bicyclic) bond motifs is 1. The second-order valence-electron chi connectivity index (χ2n) is 6.68. The molecule has 10 heteroatoms. The van der Waals surface area contributed by atoms with Gasteiger partial charge in [-0.3, -0.25) is 9.59 Å². The minimum absolute atomic E-state index is 0.102. The highest BCUT2D eigenvalue weighted by Gasteiger charge is 2.32. The highest BCUT2D eigenvalue weighted by atomic mass is 32.2. The van der Waals surface area contributed by atoms with Crippen molar-refractivity contribution in [3.05, 3.63) is 18.2 Å². The summed E-state index contributed by atoms with van der Waals surface area (Å²) < 4.78 is 38.1. The zero-order valence-corrected chi connectivity index (χ0v) is 16.7. The van der Waals surface area contributed by atoms with Gasteiger partial charge in [0.15, 0.2) is 11.5 Å². The number of carbonyl (C=O) groups is 2. The monoisotopic (exact) mass is 421 g/mol. The van der Waals surface area contributed by atoms with Crippen LogP contribution < -0.4 is 20.1 Å². The van der Waals surface area contributed by atoms with Crippen molar-refractivity contribution in [2.24, 2.45) is 5.92 Å². The molecule has 0 unspecified atom stereocenters. The van der Waals surface area contributed by atoms with Crippen LogP contribution >= 0.6 is 0 Å². The van der Waals surface area contributed by atoms with Crippen molar-refractivity contribution in [2.75, 3.05) is 39.4 Å². The second kappa shape index (κ2) is 9.15. The molecule has 2 N–H and O–H groups in total. The molecule has 0 aliphatic carbocycles. The van der Waals surface area contributed by atoms with E-state index in [2.05, 4.69) is 16.6 Å². The molecule has 2 heterocycles. The Balaban J connectivity index is 1.55. The van der Waals surface area contributed by atoms with Crippen LogP contribution in [0.25, 0.3) is 0 Å². The number of piperidine rings is 1. The van der Waals surface area contributed by atoms with Crippen LogP contribution in [-0.2, 0) is 19.6 Å². The molecular weight excluding hydrogens is 398 g/mol. The lowest BCUT2D eigenvalue weighted by Gasteiger charge is -2.30. The van der Waals surface area contributed by atoms with Gasteiger partial charge in [-0.05, 0) is 25.0 Å². The average molecular weight is 421 g/mol. The molecule has 0 aromatic heterocycles. The van der Waals surface area contributed by atoms with Crippen molar-refractivity contribution in [3.8, 4) is 23.8 Å². The maximum absolute atomic E-state index is 12.9. The molecule has 29 heavy (non-hydrogen) atoms. The molecule has 1 fully saturated rings. The molecule has 0 atom stereocenters. The summed E-state index contributed by atoms with van der Waals surface area (Å²) in [6, 6.07) is 4.56. The van der Waals surface area contributed by atoms with Crippen molar-refractivity contribution in [2.45, 2.75) is 17.7 Å². The Morgan fingerprint density at radius 1 is 1.14 bits per heavy atom. The fraction of sp³-hybridized carbons (Fsp3) is 0.474. The van der Waals surface area contributed by atoms with E-state index >= 15 is 0 Å². The molecule has 2 aliphatic rings. The predicted octanol–water partition coefficient (Wildman–Crippen LogP) is -0.276. The quantitative estimate of drug-likeness (QED) is 0.611. The van der Waals surface area contributed by atoms with Gasteiger partial charge >= 0.3 is 0 Å². The van der Waals surface area contributed by atoms with Gasteiger partial charge in [0.05, 0.1) is 18.0 Å². The zero-order chi connectivity index (χ0) is 20.9. The van der Waals surface area contributed by atoms with E-state index in [1.165, 1.54) is 16.4 Å². The van der Waals surface area contributed by atoms with Crippen molar-refractivity contribution >= 4 is 21.8 Å². The lowest BCUT2D eigenvalue weighted by molar-refractivity contribution is -0.129. The Kier molecular flexibility index (Phi) is 6.61. The number of nitrogens with one attached hydrogen (secondary N) is 2. The molecule has 0 saturated carbocycles. The number of ether oxygens (including phenoxy) is 2. The van der Waals surface area contributed by atoms with Gasteiger partial charge in [0.2, 0.25) is 21.8 Å². The summed E-state index contributed by atoms with van der Waals surface area (Å²) in [4.78, 5) is 23.9. The molecule has 0 bridgehead atoms. The van der Waals surface area contributed by atoms with Crippen LogP contribution in [0, 0.1) is 18.3 Å². The van der Waals surface area contributed by atoms with Crippen LogP contribution in [0.1, 0.15) is 12.8 Å². The smallest absolute Gasteiger partial charge is 0.243 e. The summed E-state index contributed by atoms with van der Waals surface area (Å²) in [7, 11) is -3.70. The number of sulfonamides is 1. The molecule has 1 aromatic rings. The Bertz CT molecular complexity index is 916. The summed E-state index contributed by atoms with van der Waals surface area (Å²) in [5.74, 6) is 2.24. The third-order valence-electron chi connectivity index (χ3n) is 4.79. The number of nitrogens with zero attached hydrogens (tertiary/aromatic N) is 1. The van der Waals surface area contributed by atoms with Crippen LogP contribution in [0.4, 0.5) is 0 Å². The Morgan fingerprint density at radius 2 is 1.83 bits per heavy atom. The van der Waals surface area contributed by atoms with E-state index in [4.69, 9.17) is 15.9 Å². The van der Waals surface area contributed by atoms with Gasteiger partial charge < -0.3 is 20.1 Å². The van der Waals surface area contributed by atoms with Crippen LogP contribution in [-0.4, -0.2) is 63.9 Å². The highest BCUT2D eigenvalue weighted by Crippen LogP contribution is 2.34. The maximum Gasteiger partial charge on any atom is 0.243 e. The van der Waals surface area contributed by atoms with Gasteiger partial charge in [0.25, 0.3) is 0 Å². The average Bonchev–Trinajstić information content (AvgIpc) is 2.75. The lowest BCUT2D eigenvalue weighted by atomic mass is 9.97. The van der Waals surface area contributed by atoms with Gasteiger partial charge in [-0.1, -0.05) is 5.92 Å². The summed E-state index contributed by atoms with van der Waals surface area (Å²) >= 11 is 0. The molecule has 2 amide bonds. The van der Waals surface area contributed by atoms with Gasteiger partial charge in [0.1, 0.15) is 13.2 Å². The molecular formula is C19H23N3O6S. The second-order valence-corrected chi connectivity index (χ2v) is 8.62. The van der Waals surface area contributed by atoms with Crippen LogP contribution in [0.15, 0.2) is 23.1 Å². The van der Waals surface area contributed by atoms with E-state index in [-0.39, 0.29) is 48.8 Å². The number of benzene rings is 1. The first-order valence-corrected chi connectivity index (χ1v) is 10.7. The summed E-state index contributed by atoms with van der Waals surface area (Å²) in [5, 5.41) is 5.02. The van der Waals surface area contributed by atoms with Crippen LogP contribution in [0.3, 0.4) is 0 Å². The van der Waals surface area contributed by atoms with Crippen LogP contribution in [0.2, 0.25) is 0 Å². The summed E-state index contributed by atoms with van der Waals surface area (Å²) in [6.07, 6.45) is 5.81. The van der Waals surface area contributed by atoms with Gasteiger partial charge in [-0.2, -0.15) is 4.31 Å². The van der Waals surface area contributed by atoms with Crippen molar-refractivity contribution in [3.63, 3.8) is 0 Å². The van der Waals surface area contributed by atoms with Gasteiger partial charge in [0, 0.05) is 25.1 Å². The van der Waals surface area contributed by atoms with Gasteiger partial charge in [-0.25, -0.2) is 8.42 Å². The first-order chi connectivity index (χ1) is 13.9. The number of hydrogen-bond acceptors (Lipinski definition) is 6. The van der Waals surface area contributed by atoms with E-state index < -0.39 is 10.0 Å². The molecule has 0 radical (unpaired) electrons. The Hall–Kier alpha value is -2.77. The molecule has 2 aliphatic heterocycles. The maximum atomic E-state index is 12.9. The zero-order valence-electron chi connectivity index (χ0n) is 15.8. The summed E-state index contributed by atoms with van der Waals surface area (Å²) in [6.45, 7) is 1.19. The Morgan fingerprint density at radius 3 is 2.52 bits per heavy atom. The topological polar surface area (TPSA) is 114 Å². The SMILES string of the molecule is C#CCNC(=O)CNC(=O)C1CCN(S(=O)(=O)c2ccc3c(c2)OCCO3)CC1. The van der Waals surface area contributed by atoms with Crippen LogP contribution in [0.5, 0.6) is 11.5 Å². The molecule has 156 valence electrons. The molecule has 0 spiro atoms. The number of amides is 2. The van der Waals surface area contributed by atoms with E-state index in [0.717, 1.165) is 0 Å². The third kappa shape index (κ3) is 4.99. The van der Waals surface area contributed by atoms with Crippen molar-refractivity contribution in [1.29, 1.82) is 0 Å². The predicted molar refractivity (Wildman–Crippen MR) is 104 cm³/mol. The highest BCUT2D eigenvalue weighted by molar-refractivity contribution is 7.89. The van der Waals surface area contributed by atoms with Crippen molar-refractivity contribution < 1.29 is 27.5 Å². The number of hydrogen-bond donors (Lipinski definition) is 2. The molecule has 1 aromatic carbocycles. The van der Waals surface area contributed by atoms with Crippen molar-refractivity contribution in [1.82, 2.24) is 14.9 Å². The first-order valence-electron chi connectivity index (χ1n) is 9.29. The molecule has 1 saturated heterocycles. The largest absolute Gasteiger partial charge is 0.486 e. The fourth-order valence-corrected chi connectivity index (χ4v) is 4.70. The minimum atomic E-state index is -3.70. The number of terminal acetylenes is 1. The summed E-state index contributed by atoms with van der Waals surface area (Å²) in [5.41, 5.74) is 0. The number of rotatable bonds is 6. The van der Waals surface area contributed by atoms with E-state index in [1.54, 1.807) is 6.07 Å². The van der Waals surface area contributed by atoms with E-state index in [9.17, 15) is 18.0 Å². The lowest BCUT2D eigenvalue weighted by Crippen LogP contribution is -2.45. The minimum Gasteiger partial charge on any atom is -0.486 e. The number of carbonyl (C=O) groups excluding carboxylic acids is 2. The molecule has 3 rings (SSSR count). The fourth-order valence-electron chi connectivity index (χ4n) is 3.22. The Labute approximate surface area is 169 Å². The molecule has 9 nitrogen and oxygen atoms in total. The first kappa shape index (κ1) is 21.0.